The number of halogens is 3. The first kappa shape index (κ1) is 20.8. The van der Waals surface area contributed by atoms with Crippen molar-refractivity contribution >= 4 is 23.4 Å². The van der Waals surface area contributed by atoms with Gasteiger partial charge in [-0.2, -0.15) is 13.2 Å². The lowest BCUT2D eigenvalue weighted by Gasteiger charge is -2.36. The van der Waals surface area contributed by atoms with E-state index < -0.39 is 17.3 Å². The van der Waals surface area contributed by atoms with Crippen molar-refractivity contribution in [2.45, 2.75) is 26.9 Å². The molecular formula is C19H23F3N6O. The predicted molar refractivity (Wildman–Crippen MR) is 104 cm³/mol. The SMILES string of the molecule is CC(C)(C)C(=O)Nc1ccc(N2CCN(c3nccc(C(F)(F)F)n3)CC2)cn1. The van der Waals surface area contributed by atoms with Crippen LogP contribution >= 0.6 is 0 Å². The molecule has 1 aliphatic rings. The Hall–Kier alpha value is -2.91. The van der Waals surface area contributed by atoms with E-state index in [-0.39, 0.29) is 11.9 Å². The Morgan fingerprint density at radius 3 is 2.21 bits per heavy atom. The van der Waals surface area contributed by atoms with Gasteiger partial charge in [0, 0.05) is 37.8 Å². The maximum atomic E-state index is 12.8. The van der Waals surface area contributed by atoms with Crippen LogP contribution in [0.3, 0.4) is 0 Å². The molecule has 0 atom stereocenters. The van der Waals surface area contributed by atoms with Crippen molar-refractivity contribution < 1.29 is 18.0 Å². The summed E-state index contributed by atoms with van der Waals surface area (Å²) in [6, 6.07) is 4.47. The van der Waals surface area contributed by atoms with E-state index in [0.717, 1.165) is 18.0 Å². The van der Waals surface area contributed by atoms with Crippen molar-refractivity contribution in [1.29, 1.82) is 0 Å². The van der Waals surface area contributed by atoms with Crippen LogP contribution in [0, 0.1) is 5.41 Å². The molecule has 10 heteroatoms. The third kappa shape index (κ3) is 5.12. The Bertz CT molecular complexity index is 855. The smallest absolute Gasteiger partial charge is 0.367 e. The zero-order valence-corrected chi connectivity index (χ0v) is 16.5. The molecule has 156 valence electrons. The number of hydrogen-bond donors (Lipinski definition) is 1. The van der Waals surface area contributed by atoms with Crippen molar-refractivity contribution in [3.63, 3.8) is 0 Å². The minimum atomic E-state index is -4.49. The number of anilines is 3. The molecule has 3 rings (SSSR count). The molecule has 0 unspecified atom stereocenters. The molecule has 2 aromatic heterocycles. The summed E-state index contributed by atoms with van der Waals surface area (Å²) in [6.45, 7) is 7.64. The number of nitrogens with one attached hydrogen (secondary N) is 1. The second kappa shape index (κ2) is 7.84. The summed E-state index contributed by atoms with van der Waals surface area (Å²) in [4.78, 5) is 27.7. The molecule has 29 heavy (non-hydrogen) atoms. The van der Waals surface area contributed by atoms with Crippen LogP contribution in [-0.2, 0) is 11.0 Å². The molecule has 1 aliphatic heterocycles. The Labute approximate surface area is 167 Å². The quantitative estimate of drug-likeness (QED) is 0.841. The first-order valence-corrected chi connectivity index (χ1v) is 9.22. The van der Waals surface area contributed by atoms with Crippen molar-refractivity contribution in [1.82, 2.24) is 15.0 Å². The fourth-order valence-electron chi connectivity index (χ4n) is 2.77. The van der Waals surface area contributed by atoms with Crippen LogP contribution in [0.4, 0.5) is 30.6 Å². The molecule has 1 amide bonds. The average Bonchev–Trinajstić information content (AvgIpc) is 2.67. The van der Waals surface area contributed by atoms with Crippen LogP contribution in [0.2, 0.25) is 0 Å². The predicted octanol–water partition coefficient (Wildman–Crippen LogP) is 3.20. The standard InChI is InChI=1S/C19H23F3N6O/c1-18(2,3)16(29)26-15-5-4-13(12-24-15)27-8-10-28(11-9-27)17-23-7-6-14(25-17)19(20,21)22/h4-7,12H,8-11H2,1-3H3,(H,24,26,29). The summed E-state index contributed by atoms with van der Waals surface area (Å²) in [6.07, 6.45) is -1.68. The van der Waals surface area contributed by atoms with Crippen molar-refractivity contribution in [3.8, 4) is 0 Å². The molecule has 3 heterocycles. The molecule has 0 aromatic carbocycles. The molecule has 0 saturated carbocycles. The van der Waals surface area contributed by atoms with Gasteiger partial charge < -0.3 is 15.1 Å². The van der Waals surface area contributed by atoms with E-state index >= 15 is 0 Å². The number of piperazine rings is 1. The van der Waals surface area contributed by atoms with Gasteiger partial charge in [-0.05, 0) is 18.2 Å². The summed E-state index contributed by atoms with van der Waals surface area (Å²) in [7, 11) is 0. The van der Waals surface area contributed by atoms with Crippen molar-refractivity contribution in [2.75, 3.05) is 41.3 Å². The fraction of sp³-hybridized carbons (Fsp3) is 0.474. The highest BCUT2D eigenvalue weighted by Gasteiger charge is 2.33. The number of hydrogen-bond acceptors (Lipinski definition) is 6. The number of amides is 1. The summed E-state index contributed by atoms with van der Waals surface area (Å²) in [5.41, 5.74) is -0.576. The molecule has 0 radical (unpaired) electrons. The van der Waals surface area contributed by atoms with Gasteiger partial charge in [0.2, 0.25) is 11.9 Å². The Morgan fingerprint density at radius 1 is 1.00 bits per heavy atom. The molecule has 0 spiro atoms. The van der Waals surface area contributed by atoms with E-state index in [0.29, 0.717) is 32.0 Å². The third-order valence-electron chi connectivity index (χ3n) is 4.53. The van der Waals surface area contributed by atoms with Gasteiger partial charge >= 0.3 is 6.18 Å². The Balaban J connectivity index is 1.60. The lowest BCUT2D eigenvalue weighted by Crippen LogP contribution is -2.47. The van der Waals surface area contributed by atoms with E-state index in [4.69, 9.17) is 0 Å². The normalized spacial score (nSPS) is 15.4. The van der Waals surface area contributed by atoms with Crippen LogP contribution in [0.1, 0.15) is 26.5 Å². The van der Waals surface area contributed by atoms with Crippen LogP contribution in [0.25, 0.3) is 0 Å². The van der Waals surface area contributed by atoms with Gasteiger partial charge in [-0.3, -0.25) is 4.79 Å². The lowest BCUT2D eigenvalue weighted by atomic mass is 9.96. The number of carbonyl (C=O) groups excluding carboxylic acids is 1. The highest BCUT2D eigenvalue weighted by Crippen LogP contribution is 2.28. The second-order valence-electron chi connectivity index (χ2n) is 7.82. The minimum Gasteiger partial charge on any atom is -0.367 e. The zero-order valence-electron chi connectivity index (χ0n) is 16.5. The highest BCUT2D eigenvalue weighted by molar-refractivity contribution is 5.93. The van der Waals surface area contributed by atoms with Gasteiger partial charge in [-0.15, -0.1) is 0 Å². The van der Waals surface area contributed by atoms with Crippen LogP contribution in [0.15, 0.2) is 30.6 Å². The maximum absolute atomic E-state index is 12.8. The Morgan fingerprint density at radius 2 is 1.66 bits per heavy atom. The third-order valence-corrected chi connectivity index (χ3v) is 4.53. The van der Waals surface area contributed by atoms with E-state index in [9.17, 15) is 18.0 Å². The van der Waals surface area contributed by atoms with E-state index in [2.05, 4.69) is 25.2 Å². The summed E-state index contributed by atoms with van der Waals surface area (Å²) in [5.74, 6) is 0.440. The van der Waals surface area contributed by atoms with E-state index in [1.165, 1.54) is 0 Å². The van der Waals surface area contributed by atoms with Gasteiger partial charge in [-0.1, -0.05) is 20.8 Å². The number of nitrogens with zero attached hydrogens (tertiary/aromatic N) is 5. The number of rotatable bonds is 3. The minimum absolute atomic E-state index is 0.0813. The molecule has 0 aliphatic carbocycles. The monoisotopic (exact) mass is 408 g/mol. The topological polar surface area (TPSA) is 74.2 Å². The molecule has 1 fully saturated rings. The number of aromatic nitrogens is 3. The second-order valence-corrected chi connectivity index (χ2v) is 7.82. The molecule has 1 N–H and O–H groups in total. The van der Waals surface area contributed by atoms with Gasteiger partial charge in [0.15, 0.2) is 0 Å². The first-order chi connectivity index (χ1) is 13.5. The molecule has 0 bridgehead atoms. The molecule has 7 nitrogen and oxygen atoms in total. The van der Waals surface area contributed by atoms with E-state index in [1.54, 1.807) is 17.2 Å². The van der Waals surface area contributed by atoms with Gasteiger partial charge in [0.25, 0.3) is 0 Å². The van der Waals surface area contributed by atoms with Crippen LogP contribution in [0.5, 0.6) is 0 Å². The Kier molecular flexibility index (Phi) is 5.63. The number of alkyl halides is 3. The van der Waals surface area contributed by atoms with Crippen molar-refractivity contribution in [3.05, 3.63) is 36.3 Å². The maximum Gasteiger partial charge on any atom is 0.433 e. The van der Waals surface area contributed by atoms with Gasteiger partial charge in [-0.25, -0.2) is 15.0 Å². The number of pyridine rings is 1. The summed E-state index contributed by atoms with van der Waals surface area (Å²) < 4.78 is 38.5. The summed E-state index contributed by atoms with van der Waals surface area (Å²) >= 11 is 0. The fourth-order valence-corrected chi connectivity index (χ4v) is 2.77. The summed E-state index contributed by atoms with van der Waals surface area (Å²) in [5, 5.41) is 2.77. The van der Waals surface area contributed by atoms with Gasteiger partial charge in [0.05, 0.1) is 11.9 Å². The number of carbonyl (C=O) groups is 1. The first-order valence-electron chi connectivity index (χ1n) is 9.22. The van der Waals surface area contributed by atoms with Crippen LogP contribution < -0.4 is 15.1 Å². The largest absolute Gasteiger partial charge is 0.433 e. The zero-order chi connectivity index (χ0) is 21.2. The highest BCUT2D eigenvalue weighted by atomic mass is 19.4. The molecular weight excluding hydrogens is 385 g/mol. The molecule has 2 aromatic rings. The van der Waals surface area contributed by atoms with Gasteiger partial charge in [0.1, 0.15) is 11.5 Å². The van der Waals surface area contributed by atoms with E-state index in [1.807, 2.05) is 26.8 Å². The average molecular weight is 408 g/mol. The molecule has 1 saturated heterocycles. The van der Waals surface area contributed by atoms with Crippen LogP contribution in [-0.4, -0.2) is 47.0 Å². The lowest BCUT2D eigenvalue weighted by molar-refractivity contribution is -0.141. The van der Waals surface area contributed by atoms with Crippen molar-refractivity contribution in [2.24, 2.45) is 5.41 Å².